The minimum atomic E-state index is 0.545. The van der Waals surface area contributed by atoms with Crippen molar-refractivity contribution in [2.24, 2.45) is 0 Å². The van der Waals surface area contributed by atoms with Crippen LogP contribution in [0, 0.1) is 0 Å². The van der Waals surface area contributed by atoms with E-state index in [0.29, 0.717) is 18.2 Å². The number of nitrogens with zero attached hydrogens (tertiary/aromatic N) is 3. The van der Waals surface area contributed by atoms with Crippen LogP contribution in [0.4, 0.5) is 0 Å². The number of pyridine rings is 1. The lowest BCUT2D eigenvalue weighted by atomic mass is 10.2. The summed E-state index contributed by atoms with van der Waals surface area (Å²) in [7, 11) is 0. The highest BCUT2D eigenvalue weighted by Crippen LogP contribution is 2.35. The molecule has 0 spiro atoms. The van der Waals surface area contributed by atoms with Crippen molar-refractivity contribution in [2.75, 3.05) is 13.2 Å². The topological polar surface area (TPSA) is 49.2 Å². The van der Waals surface area contributed by atoms with Crippen LogP contribution in [0.2, 0.25) is 5.02 Å². The minimum absolute atomic E-state index is 0.545. The minimum Gasteiger partial charge on any atom is -0.486 e. The normalized spacial score (nSPS) is 13.1. The molecule has 2 aromatic carbocycles. The highest BCUT2D eigenvalue weighted by Gasteiger charge is 2.18. The van der Waals surface area contributed by atoms with E-state index < -0.39 is 0 Å². The first-order valence-corrected chi connectivity index (χ1v) is 8.66. The molecule has 1 aliphatic heterocycles. The number of fused-ring (bicyclic) bond motifs is 2. The molecular weight excluding hydrogens is 350 g/mol. The molecule has 0 atom stereocenters. The van der Waals surface area contributed by atoms with Gasteiger partial charge in [-0.2, -0.15) is 0 Å². The van der Waals surface area contributed by atoms with Crippen molar-refractivity contribution in [3.05, 3.63) is 65.9 Å². The fourth-order valence-electron chi connectivity index (χ4n) is 3.18. The Morgan fingerprint density at radius 1 is 0.962 bits per heavy atom. The average molecular weight is 364 g/mol. The van der Waals surface area contributed by atoms with Crippen molar-refractivity contribution in [3.8, 4) is 28.6 Å². The van der Waals surface area contributed by atoms with Gasteiger partial charge in [0.2, 0.25) is 0 Å². The molecule has 1 aliphatic rings. The van der Waals surface area contributed by atoms with E-state index in [9.17, 15) is 0 Å². The van der Waals surface area contributed by atoms with Gasteiger partial charge in [-0.3, -0.25) is 9.55 Å². The first-order valence-electron chi connectivity index (χ1n) is 8.28. The second-order valence-corrected chi connectivity index (χ2v) is 6.41. The van der Waals surface area contributed by atoms with Gasteiger partial charge in [0.1, 0.15) is 19.0 Å². The molecule has 0 fully saturated rings. The summed E-state index contributed by atoms with van der Waals surface area (Å²) < 4.78 is 13.4. The lowest BCUT2D eigenvalue weighted by Crippen LogP contribution is -2.15. The van der Waals surface area contributed by atoms with E-state index in [0.717, 1.165) is 39.6 Å². The van der Waals surface area contributed by atoms with E-state index >= 15 is 0 Å². The number of ether oxygens (including phenoxy) is 2. The summed E-state index contributed by atoms with van der Waals surface area (Å²) in [5, 5.41) is 0.668. The third kappa shape index (κ3) is 2.48. The summed E-state index contributed by atoms with van der Waals surface area (Å²) in [4.78, 5) is 9.07. The maximum Gasteiger partial charge on any atom is 0.163 e. The van der Waals surface area contributed by atoms with Crippen molar-refractivity contribution in [1.82, 2.24) is 14.5 Å². The van der Waals surface area contributed by atoms with Crippen molar-refractivity contribution in [2.45, 2.75) is 0 Å². The van der Waals surface area contributed by atoms with Gasteiger partial charge in [0.25, 0.3) is 0 Å². The second-order valence-electron chi connectivity index (χ2n) is 5.97. The van der Waals surface area contributed by atoms with Gasteiger partial charge in [0, 0.05) is 22.8 Å². The predicted octanol–water partition coefficient (Wildman–Crippen LogP) is 4.51. The van der Waals surface area contributed by atoms with Crippen LogP contribution >= 0.6 is 11.6 Å². The first kappa shape index (κ1) is 15.2. The quantitative estimate of drug-likeness (QED) is 0.525. The van der Waals surface area contributed by atoms with Gasteiger partial charge >= 0.3 is 0 Å². The number of hydrogen-bond acceptors (Lipinski definition) is 4. The lowest BCUT2D eigenvalue weighted by molar-refractivity contribution is 0.171. The number of hydrogen-bond donors (Lipinski definition) is 0. The Balaban J connectivity index is 1.77. The molecule has 0 unspecified atom stereocenters. The van der Waals surface area contributed by atoms with Crippen LogP contribution in [0.1, 0.15) is 0 Å². The van der Waals surface area contributed by atoms with Crippen molar-refractivity contribution >= 4 is 22.6 Å². The Bertz CT molecular complexity index is 1120. The highest BCUT2D eigenvalue weighted by atomic mass is 35.5. The Hall–Kier alpha value is -3.05. The molecular formula is C20H14ClN3O2. The molecule has 0 saturated carbocycles. The Kier molecular flexibility index (Phi) is 3.53. The number of aromatic nitrogens is 3. The predicted molar refractivity (Wildman–Crippen MR) is 100 cm³/mol. The molecule has 5 nitrogen and oxygen atoms in total. The molecule has 5 rings (SSSR count). The van der Waals surface area contributed by atoms with Crippen LogP contribution in [0.3, 0.4) is 0 Å². The Labute approximate surface area is 154 Å². The largest absolute Gasteiger partial charge is 0.486 e. The molecule has 3 heterocycles. The van der Waals surface area contributed by atoms with E-state index in [1.165, 1.54) is 0 Å². The number of imidazole rings is 1. The first-order chi connectivity index (χ1) is 12.8. The van der Waals surface area contributed by atoms with Crippen LogP contribution in [-0.4, -0.2) is 27.7 Å². The second kappa shape index (κ2) is 6.04. The zero-order valence-corrected chi connectivity index (χ0v) is 14.5. The maximum atomic E-state index is 6.20. The Morgan fingerprint density at radius 2 is 1.85 bits per heavy atom. The molecule has 26 heavy (non-hydrogen) atoms. The van der Waals surface area contributed by atoms with Crippen LogP contribution in [0.25, 0.3) is 28.1 Å². The SMILES string of the molecule is Clc1cccc(-c2nc3ccncc3n2-c2ccc3c(c2)OCCO3)c1. The van der Waals surface area contributed by atoms with Crippen LogP contribution < -0.4 is 9.47 Å². The van der Waals surface area contributed by atoms with Crippen molar-refractivity contribution in [3.63, 3.8) is 0 Å². The van der Waals surface area contributed by atoms with E-state index in [-0.39, 0.29) is 0 Å². The summed E-state index contributed by atoms with van der Waals surface area (Å²) in [6.45, 7) is 1.11. The van der Waals surface area contributed by atoms with E-state index in [2.05, 4.69) is 9.55 Å². The summed E-state index contributed by atoms with van der Waals surface area (Å²) >= 11 is 6.20. The van der Waals surface area contributed by atoms with E-state index in [4.69, 9.17) is 26.1 Å². The van der Waals surface area contributed by atoms with Crippen LogP contribution in [-0.2, 0) is 0 Å². The van der Waals surface area contributed by atoms with Crippen molar-refractivity contribution < 1.29 is 9.47 Å². The molecule has 0 radical (unpaired) electrons. The summed E-state index contributed by atoms with van der Waals surface area (Å²) in [6.07, 6.45) is 3.55. The fraction of sp³-hybridized carbons (Fsp3) is 0.100. The standard InChI is InChI=1S/C20H14ClN3O2/c21-14-3-1-2-13(10-14)20-23-16-6-7-22-12-17(16)24(20)15-4-5-18-19(11-15)26-9-8-25-18/h1-7,10-12H,8-9H2. The summed E-state index contributed by atoms with van der Waals surface area (Å²) in [6, 6.07) is 15.5. The summed E-state index contributed by atoms with van der Waals surface area (Å²) in [5.74, 6) is 2.29. The van der Waals surface area contributed by atoms with Gasteiger partial charge in [0.15, 0.2) is 11.5 Å². The maximum absolute atomic E-state index is 6.20. The van der Waals surface area contributed by atoms with Crippen molar-refractivity contribution in [1.29, 1.82) is 0 Å². The molecule has 128 valence electrons. The molecule has 0 saturated heterocycles. The number of halogens is 1. The zero-order valence-electron chi connectivity index (χ0n) is 13.7. The molecule has 4 aromatic rings. The van der Waals surface area contributed by atoms with Gasteiger partial charge in [-0.05, 0) is 30.3 Å². The van der Waals surface area contributed by atoms with Gasteiger partial charge in [-0.1, -0.05) is 23.7 Å². The van der Waals surface area contributed by atoms with Crippen LogP contribution in [0.15, 0.2) is 60.9 Å². The van der Waals surface area contributed by atoms with Gasteiger partial charge in [-0.25, -0.2) is 4.98 Å². The molecule has 0 N–H and O–H groups in total. The lowest BCUT2D eigenvalue weighted by Gasteiger charge is -2.19. The van der Waals surface area contributed by atoms with Gasteiger partial charge in [-0.15, -0.1) is 0 Å². The van der Waals surface area contributed by atoms with E-state index in [1.807, 2.05) is 54.7 Å². The van der Waals surface area contributed by atoms with Gasteiger partial charge in [0.05, 0.1) is 22.9 Å². The highest BCUT2D eigenvalue weighted by molar-refractivity contribution is 6.30. The van der Waals surface area contributed by atoms with Crippen LogP contribution in [0.5, 0.6) is 11.5 Å². The third-order valence-corrected chi connectivity index (χ3v) is 4.56. The summed E-state index contributed by atoms with van der Waals surface area (Å²) in [5.41, 5.74) is 3.65. The zero-order chi connectivity index (χ0) is 17.5. The third-order valence-electron chi connectivity index (χ3n) is 4.32. The molecule has 0 bridgehead atoms. The number of rotatable bonds is 2. The molecule has 6 heteroatoms. The monoisotopic (exact) mass is 363 g/mol. The molecule has 0 amide bonds. The van der Waals surface area contributed by atoms with Gasteiger partial charge < -0.3 is 9.47 Å². The molecule has 2 aromatic heterocycles. The van der Waals surface area contributed by atoms with E-state index in [1.54, 1.807) is 6.20 Å². The average Bonchev–Trinajstić information content (AvgIpc) is 3.07. The fourth-order valence-corrected chi connectivity index (χ4v) is 3.37. The molecule has 0 aliphatic carbocycles. The number of benzene rings is 2. The Morgan fingerprint density at radius 3 is 2.73 bits per heavy atom. The smallest absolute Gasteiger partial charge is 0.163 e.